The van der Waals surface area contributed by atoms with Crippen molar-refractivity contribution in [2.24, 2.45) is 11.7 Å². The number of hydrogen-bond donors (Lipinski definition) is 2. The van der Waals surface area contributed by atoms with E-state index in [1.165, 1.54) is 0 Å². The van der Waals surface area contributed by atoms with E-state index in [-0.39, 0.29) is 54.2 Å². The Balaban J connectivity index is 0.00000288. The van der Waals surface area contributed by atoms with Gasteiger partial charge in [-0.25, -0.2) is 8.42 Å². The smallest absolute Gasteiger partial charge is 0.225 e. The lowest BCUT2D eigenvalue weighted by Crippen LogP contribution is -2.44. The molecule has 2 fully saturated rings. The Morgan fingerprint density at radius 2 is 2.17 bits per heavy atom. The summed E-state index contributed by atoms with van der Waals surface area (Å²) < 4.78 is 23.1. The highest BCUT2D eigenvalue weighted by molar-refractivity contribution is 7.91. The summed E-state index contributed by atoms with van der Waals surface area (Å²) in [6, 6.07) is -0.325. The molecule has 0 aromatic rings. The first kappa shape index (κ1) is 21.2. The fraction of sp³-hybridized carbons (Fsp3) is 0.867. The topological polar surface area (TPSA) is 110 Å². The summed E-state index contributed by atoms with van der Waals surface area (Å²) in [5, 5.41) is 2.93. The van der Waals surface area contributed by atoms with Gasteiger partial charge >= 0.3 is 0 Å². The van der Waals surface area contributed by atoms with E-state index >= 15 is 0 Å². The summed E-state index contributed by atoms with van der Waals surface area (Å²) in [5.41, 5.74) is 5.69. The van der Waals surface area contributed by atoms with Crippen LogP contribution in [0, 0.1) is 5.92 Å². The van der Waals surface area contributed by atoms with Gasteiger partial charge in [0.25, 0.3) is 0 Å². The first-order valence-corrected chi connectivity index (χ1v) is 10.2. The Kier molecular flexibility index (Phi) is 7.95. The molecule has 7 nitrogen and oxygen atoms in total. The minimum Gasteiger partial charge on any atom is -0.352 e. The molecule has 0 saturated carbocycles. The lowest BCUT2D eigenvalue weighted by Gasteiger charge is -2.23. The van der Waals surface area contributed by atoms with Crippen LogP contribution in [0.15, 0.2) is 0 Å². The van der Waals surface area contributed by atoms with Crippen LogP contribution < -0.4 is 11.1 Å². The molecular formula is C15H28ClN3O4S. The summed E-state index contributed by atoms with van der Waals surface area (Å²) in [5.74, 6) is -0.514. The zero-order valence-corrected chi connectivity index (χ0v) is 15.7. The number of nitrogens with zero attached hydrogens (tertiary/aromatic N) is 1. The van der Waals surface area contributed by atoms with Gasteiger partial charge in [-0.1, -0.05) is 19.8 Å². The van der Waals surface area contributed by atoms with Crippen molar-refractivity contribution in [2.45, 2.75) is 51.1 Å². The molecule has 2 heterocycles. The fourth-order valence-corrected chi connectivity index (χ4v) is 5.03. The van der Waals surface area contributed by atoms with Gasteiger partial charge < -0.3 is 16.0 Å². The number of rotatable bonds is 7. The SMILES string of the molecule is CCCCC(CN)NC(=O)C1CC(=O)N(C2CCS(=O)(=O)C2)C1.Cl. The molecule has 0 bridgehead atoms. The van der Waals surface area contributed by atoms with Gasteiger partial charge in [0.15, 0.2) is 9.84 Å². The molecule has 3 atom stereocenters. The van der Waals surface area contributed by atoms with Crippen molar-refractivity contribution in [1.29, 1.82) is 0 Å². The van der Waals surface area contributed by atoms with Crippen molar-refractivity contribution in [2.75, 3.05) is 24.6 Å². The summed E-state index contributed by atoms with van der Waals surface area (Å²) in [7, 11) is -3.04. The zero-order chi connectivity index (χ0) is 17.0. The summed E-state index contributed by atoms with van der Waals surface area (Å²) in [4.78, 5) is 26.1. The Morgan fingerprint density at radius 1 is 1.46 bits per heavy atom. The minimum atomic E-state index is -3.04. The van der Waals surface area contributed by atoms with Crippen LogP contribution in [0.4, 0.5) is 0 Å². The Labute approximate surface area is 150 Å². The molecule has 0 aliphatic carbocycles. The summed E-state index contributed by atoms with van der Waals surface area (Å²) in [6.07, 6.45) is 3.51. The number of unbranched alkanes of at least 4 members (excludes halogenated alkanes) is 1. The van der Waals surface area contributed by atoms with E-state index in [9.17, 15) is 18.0 Å². The lowest BCUT2D eigenvalue weighted by atomic mass is 10.1. The number of nitrogens with two attached hydrogens (primary N) is 1. The predicted octanol–water partition coefficient (Wildman–Crippen LogP) is 0.0775. The normalized spacial score (nSPS) is 26.9. The van der Waals surface area contributed by atoms with Crippen molar-refractivity contribution in [3.63, 3.8) is 0 Å². The molecule has 2 aliphatic rings. The van der Waals surface area contributed by atoms with Crippen molar-refractivity contribution in [3.05, 3.63) is 0 Å². The first-order valence-electron chi connectivity index (χ1n) is 8.36. The van der Waals surface area contributed by atoms with Gasteiger partial charge in [0.1, 0.15) is 0 Å². The average Bonchev–Trinajstić information content (AvgIpc) is 3.05. The minimum absolute atomic E-state index is 0. The van der Waals surface area contributed by atoms with Crippen LogP contribution >= 0.6 is 12.4 Å². The van der Waals surface area contributed by atoms with Crippen molar-refractivity contribution < 1.29 is 18.0 Å². The maximum absolute atomic E-state index is 12.3. The molecule has 0 aromatic carbocycles. The number of amides is 2. The van der Waals surface area contributed by atoms with Crippen LogP contribution in [0.3, 0.4) is 0 Å². The molecule has 2 amide bonds. The quantitative estimate of drug-likeness (QED) is 0.648. The molecule has 2 saturated heterocycles. The van der Waals surface area contributed by atoms with E-state index in [1.54, 1.807) is 4.90 Å². The van der Waals surface area contributed by atoms with Crippen molar-refractivity contribution >= 4 is 34.1 Å². The number of nitrogens with one attached hydrogen (secondary N) is 1. The number of carbonyl (C=O) groups excluding carboxylic acids is 2. The van der Waals surface area contributed by atoms with Crippen LogP contribution in [0.2, 0.25) is 0 Å². The van der Waals surface area contributed by atoms with E-state index in [2.05, 4.69) is 12.2 Å². The maximum atomic E-state index is 12.3. The van der Waals surface area contributed by atoms with E-state index in [0.717, 1.165) is 19.3 Å². The van der Waals surface area contributed by atoms with Crippen LogP contribution in [0.5, 0.6) is 0 Å². The molecule has 2 rings (SSSR count). The third-order valence-electron chi connectivity index (χ3n) is 4.72. The summed E-state index contributed by atoms with van der Waals surface area (Å²) in [6.45, 7) is 2.78. The largest absolute Gasteiger partial charge is 0.352 e. The molecule has 3 unspecified atom stereocenters. The zero-order valence-electron chi connectivity index (χ0n) is 14.1. The van der Waals surface area contributed by atoms with Crippen LogP contribution in [0.1, 0.15) is 39.0 Å². The van der Waals surface area contributed by atoms with Crippen molar-refractivity contribution in [1.82, 2.24) is 10.2 Å². The highest BCUT2D eigenvalue weighted by atomic mass is 35.5. The number of hydrogen-bond acceptors (Lipinski definition) is 5. The van der Waals surface area contributed by atoms with Gasteiger partial charge in [-0.3, -0.25) is 9.59 Å². The van der Waals surface area contributed by atoms with E-state index < -0.39 is 15.8 Å². The van der Waals surface area contributed by atoms with Crippen LogP contribution in [0.25, 0.3) is 0 Å². The average molecular weight is 382 g/mol. The molecule has 24 heavy (non-hydrogen) atoms. The molecule has 0 radical (unpaired) electrons. The number of sulfone groups is 1. The molecule has 0 spiro atoms. The van der Waals surface area contributed by atoms with Crippen molar-refractivity contribution in [3.8, 4) is 0 Å². The first-order chi connectivity index (χ1) is 10.9. The molecule has 140 valence electrons. The second-order valence-corrected chi connectivity index (χ2v) is 8.82. The van der Waals surface area contributed by atoms with Gasteiger partial charge in [-0.15, -0.1) is 12.4 Å². The standard InChI is InChI=1S/C15H27N3O4S.ClH/c1-2-3-4-12(8-16)17-15(20)11-7-14(19)18(9-11)13-5-6-23(21,22)10-13;/h11-13H,2-10,16H2,1H3,(H,17,20);1H. The Morgan fingerprint density at radius 3 is 2.71 bits per heavy atom. The number of carbonyl (C=O) groups is 2. The summed E-state index contributed by atoms with van der Waals surface area (Å²) >= 11 is 0. The molecular weight excluding hydrogens is 354 g/mol. The van der Waals surface area contributed by atoms with Crippen LogP contribution in [-0.2, 0) is 19.4 Å². The number of halogens is 1. The highest BCUT2D eigenvalue weighted by Gasteiger charge is 2.42. The predicted molar refractivity (Wildman–Crippen MR) is 94.6 cm³/mol. The van der Waals surface area contributed by atoms with Crippen LogP contribution in [-0.4, -0.2) is 61.8 Å². The molecule has 0 aromatic heterocycles. The molecule has 9 heteroatoms. The van der Waals surface area contributed by atoms with Gasteiger partial charge in [-0.2, -0.15) is 0 Å². The fourth-order valence-electron chi connectivity index (χ4n) is 3.30. The highest BCUT2D eigenvalue weighted by Crippen LogP contribution is 2.26. The number of likely N-dealkylation sites (tertiary alicyclic amines) is 1. The monoisotopic (exact) mass is 381 g/mol. The second-order valence-electron chi connectivity index (χ2n) is 6.59. The van der Waals surface area contributed by atoms with E-state index in [1.807, 2.05) is 0 Å². The van der Waals surface area contributed by atoms with E-state index in [0.29, 0.717) is 19.5 Å². The molecule has 2 aliphatic heterocycles. The van der Waals surface area contributed by atoms with E-state index in [4.69, 9.17) is 5.73 Å². The molecule has 3 N–H and O–H groups in total. The lowest BCUT2D eigenvalue weighted by molar-refractivity contribution is -0.130. The maximum Gasteiger partial charge on any atom is 0.225 e. The Bertz CT molecular complexity index is 555. The van der Waals surface area contributed by atoms with Gasteiger partial charge in [0.05, 0.1) is 17.4 Å². The van der Waals surface area contributed by atoms with Gasteiger partial charge in [-0.05, 0) is 12.8 Å². The third kappa shape index (κ3) is 5.32. The van der Waals surface area contributed by atoms with Gasteiger partial charge in [0.2, 0.25) is 11.8 Å². The van der Waals surface area contributed by atoms with Gasteiger partial charge in [0, 0.05) is 31.6 Å². The third-order valence-corrected chi connectivity index (χ3v) is 6.47. The Hall–Kier alpha value is -0.860. The second kappa shape index (κ2) is 9.01.